The highest BCUT2D eigenvalue weighted by Crippen LogP contribution is 2.11. The Kier molecular flexibility index (Phi) is 4.44. The van der Waals surface area contributed by atoms with Crippen LogP contribution in [0, 0.1) is 0 Å². The molecule has 0 saturated carbocycles. The average molecular weight is 256 g/mol. The van der Waals surface area contributed by atoms with Crippen LogP contribution >= 0.6 is 0 Å². The van der Waals surface area contributed by atoms with Crippen LogP contribution in [0.5, 0.6) is 0 Å². The highest BCUT2D eigenvalue weighted by Gasteiger charge is 2.17. The lowest BCUT2D eigenvalue weighted by Gasteiger charge is -2.07. The number of hydrogen-bond acceptors (Lipinski definition) is 5. The molecule has 2 amide bonds. The summed E-state index contributed by atoms with van der Waals surface area (Å²) >= 11 is 0. The smallest absolute Gasteiger partial charge is 0.339 e. The summed E-state index contributed by atoms with van der Waals surface area (Å²) in [4.78, 5) is 32.6. The summed E-state index contributed by atoms with van der Waals surface area (Å²) in [5, 5.41) is 20.0. The fourth-order valence-corrected chi connectivity index (χ4v) is 1.19. The second kappa shape index (κ2) is 5.82. The molecule has 0 aliphatic rings. The fourth-order valence-electron chi connectivity index (χ4n) is 1.19. The van der Waals surface area contributed by atoms with E-state index < -0.39 is 23.9 Å². The molecule has 0 fully saturated rings. The number of aromatic carboxylic acids is 1. The third-order valence-corrected chi connectivity index (χ3v) is 2.12. The maximum Gasteiger partial charge on any atom is 0.339 e. The number of carbonyl (C=O) groups excluding carboxylic acids is 2. The summed E-state index contributed by atoms with van der Waals surface area (Å²) in [5.41, 5.74) is 4.68. The monoisotopic (exact) mass is 256 g/mol. The van der Waals surface area contributed by atoms with Crippen molar-refractivity contribution in [1.29, 1.82) is 0 Å². The molecule has 18 heavy (non-hydrogen) atoms. The Balaban J connectivity index is 2.52. The van der Waals surface area contributed by atoms with Crippen molar-refractivity contribution in [2.75, 3.05) is 6.54 Å². The number of carboxylic acids is 1. The molecule has 1 unspecified atom stereocenters. The summed E-state index contributed by atoms with van der Waals surface area (Å²) < 4.78 is 4.86. The van der Waals surface area contributed by atoms with E-state index in [2.05, 4.69) is 5.32 Å². The van der Waals surface area contributed by atoms with Gasteiger partial charge in [0.05, 0.1) is 19.2 Å². The predicted molar refractivity (Wildman–Crippen MR) is 57.6 cm³/mol. The number of carbonyl (C=O) groups is 3. The second-order valence-electron chi connectivity index (χ2n) is 3.46. The van der Waals surface area contributed by atoms with E-state index in [1.165, 1.54) is 6.07 Å². The van der Waals surface area contributed by atoms with Crippen LogP contribution in [0.4, 0.5) is 0 Å². The summed E-state index contributed by atoms with van der Waals surface area (Å²) in [6, 6.07) is 1.23. The average Bonchev–Trinajstić information content (AvgIpc) is 2.73. The molecule has 1 rings (SSSR count). The van der Waals surface area contributed by atoms with E-state index in [0.29, 0.717) is 0 Å². The molecule has 98 valence electrons. The van der Waals surface area contributed by atoms with E-state index >= 15 is 0 Å². The minimum atomic E-state index is -1.48. The van der Waals surface area contributed by atoms with Gasteiger partial charge in [-0.2, -0.15) is 0 Å². The molecule has 0 bridgehead atoms. The molecule has 1 aromatic rings. The number of nitrogens with two attached hydrogens (primary N) is 1. The Hall–Kier alpha value is -2.35. The molecule has 0 aliphatic carbocycles. The van der Waals surface area contributed by atoms with Crippen LogP contribution in [0.25, 0.3) is 0 Å². The van der Waals surface area contributed by atoms with Gasteiger partial charge in [-0.25, -0.2) is 4.79 Å². The minimum Gasteiger partial charge on any atom is -0.478 e. The zero-order valence-electron chi connectivity index (χ0n) is 9.25. The Labute approximate surface area is 101 Å². The molecule has 0 saturated heterocycles. The summed E-state index contributed by atoms with van der Waals surface area (Å²) in [6.07, 6.45) is -0.630. The SMILES string of the molecule is NC(=O)C(O)CNC(=O)Cc1occc1C(=O)O. The van der Waals surface area contributed by atoms with E-state index in [4.69, 9.17) is 20.4 Å². The number of hydrogen-bond donors (Lipinski definition) is 4. The van der Waals surface area contributed by atoms with Crippen molar-refractivity contribution in [2.45, 2.75) is 12.5 Å². The van der Waals surface area contributed by atoms with Gasteiger partial charge in [-0.05, 0) is 6.07 Å². The molecule has 1 heterocycles. The van der Waals surface area contributed by atoms with Crippen LogP contribution in [0.15, 0.2) is 16.7 Å². The van der Waals surface area contributed by atoms with Crippen molar-refractivity contribution in [3.05, 3.63) is 23.7 Å². The molecule has 8 heteroatoms. The molecule has 1 atom stereocenters. The van der Waals surface area contributed by atoms with E-state index in [1.54, 1.807) is 0 Å². The van der Waals surface area contributed by atoms with Crippen LogP contribution in [0.1, 0.15) is 16.1 Å². The van der Waals surface area contributed by atoms with Gasteiger partial charge < -0.3 is 25.7 Å². The largest absolute Gasteiger partial charge is 0.478 e. The normalized spacial score (nSPS) is 11.8. The highest BCUT2D eigenvalue weighted by molar-refractivity contribution is 5.90. The third-order valence-electron chi connectivity index (χ3n) is 2.12. The summed E-state index contributed by atoms with van der Waals surface area (Å²) in [7, 11) is 0. The van der Waals surface area contributed by atoms with Crippen molar-refractivity contribution >= 4 is 17.8 Å². The van der Waals surface area contributed by atoms with Gasteiger partial charge in [0, 0.05) is 0 Å². The number of aliphatic hydroxyl groups excluding tert-OH is 1. The second-order valence-corrected chi connectivity index (χ2v) is 3.46. The number of rotatable bonds is 6. The number of carboxylic acid groups (broad SMARTS) is 1. The molecule has 8 nitrogen and oxygen atoms in total. The molecule has 0 aliphatic heterocycles. The Morgan fingerprint density at radius 3 is 2.67 bits per heavy atom. The zero-order chi connectivity index (χ0) is 13.7. The van der Waals surface area contributed by atoms with Crippen LogP contribution < -0.4 is 11.1 Å². The van der Waals surface area contributed by atoms with Crippen molar-refractivity contribution in [1.82, 2.24) is 5.32 Å². The quantitative estimate of drug-likeness (QED) is 0.487. The zero-order valence-corrected chi connectivity index (χ0v) is 9.25. The van der Waals surface area contributed by atoms with Crippen LogP contribution in [-0.4, -0.2) is 40.6 Å². The van der Waals surface area contributed by atoms with Crippen molar-refractivity contribution in [2.24, 2.45) is 5.73 Å². The third kappa shape index (κ3) is 3.59. The molecule has 0 radical (unpaired) electrons. The molecule has 1 aromatic heterocycles. The first-order valence-electron chi connectivity index (χ1n) is 4.95. The van der Waals surface area contributed by atoms with E-state index in [-0.39, 0.29) is 24.3 Å². The van der Waals surface area contributed by atoms with Gasteiger partial charge in [-0.3, -0.25) is 9.59 Å². The van der Waals surface area contributed by atoms with Gasteiger partial charge in [-0.1, -0.05) is 0 Å². The van der Waals surface area contributed by atoms with E-state index in [1.807, 2.05) is 0 Å². The van der Waals surface area contributed by atoms with Gasteiger partial charge >= 0.3 is 5.97 Å². The summed E-state index contributed by atoms with van der Waals surface area (Å²) in [6.45, 7) is -0.336. The molecular weight excluding hydrogens is 244 g/mol. The van der Waals surface area contributed by atoms with Gasteiger partial charge in [-0.15, -0.1) is 0 Å². The Bertz CT molecular complexity index is 467. The summed E-state index contributed by atoms with van der Waals surface area (Å²) in [5.74, 6) is -2.76. The van der Waals surface area contributed by atoms with Crippen molar-refractivity contribution in [3.8, 4) is 0 Å². The number of aliphatic hydroxyl groups is 1. The molecular formula is C10H12N2O6. The number of furan rings is 1. The highest BCUT2D eigenvalue weighted by atomic mass is 16.4. The predicted octanol–water partition coefficient (Wildman–Crippen LogP) is -1.52. The van der Waals surface area contributed by atoms with Gasteiger partial charge in [0.15, 0.2) is 0 Å². The van der Waals surface area contributed by atoms with Crippen molar-refractivity contribution < 1.29 is 29.0 Å². The number of amides is 2. The number of primary amides is 1. The molecule has 0 aromatic carbocycles. The first-order chi connectivity index (χ1) is 8.41. The standard InChI is InChI=1S/C10H12N2O6/c11-9(15)6(13)4-12-8(14)3-7-5(10(16)17)1-2-18-7/h1-2,6,13H,3-4H2,(H2,11,15)(H,12,14)(H,16,17). The Morgan fingerprint density at radius 2 is 2.11 bits per heavy atom. The minimum absolute atomic E-state index is 0.00596. The van der Waals surface area contributed by atoms with E-state index in [9.17, 15) is 14.4 Å². The maximum atomic E-state index is 11.4. The fraction of sp³-hybridized carbons (Fsp3) is 0.300. The lowest BCUT2D eigenvalue weighted by atomic mass is 10.2. The lowest BCUT2D eigenvalue weighted by Crippen LogP contribution is -2.40. The van der Waals surface area contributed by atoms with Gasteiger partial charge in [0.2, 0.25) is 11.8 Å². The van der Waals surface area contributed by atoms with Crippen LogP contribution in [0.2, 0.25) is 0 Å². The van der Waals surface area contributed by atoms with Gasteiger partial charge in [0.1, 0.15) is 17.4 Å². The van der Waals surface area contributed by atoms with Gasteiger partial charge in [0.25, 0.3) is 0 Å². The topological polar surface area (TPSA) is 143 Å². The molecule has 0 spiro atoms. The van der Waals surface area contributed by atoms with E-state index in [0.717, 1.165) is 6.26 Å². The first kappa shape index (κ1) is 13.7. The maximum absolute atomic E-state index is 11.4. The van der Waals surface area contributed by atoms with Crippen LogP contribution in [-0.2, 0) is 16.0 Å². The molecule has 5 N–H and O–H groups in total. The lowest BCUT2D eigenvalue weighted by molar-refractivity contribution is -0.126. The Morgan fingerprint density at radius 1 is 1.44 bits per heavy atom. The first-order valence-corrected chi connectivity index (χ1v) is 4.95. The number of nitrogens with one attached hydrogen (secondary N) is 1. The van der Waals surface area contributed by atoms with Crippen LogP contribution in [0.3, 0.4) is 0 Å². The van der Waals surface area contributed by atoms with Crippen molar-refractivity contribution in [3.63, 3.8) is 0 Å².